The van der Waals surface area contributed by atoms with Gasteiger partial charge in [-0.1, -0.05) is 35.9 Å². The van der Waals surface area contributed by atoms with Gasteiger partial charge in [-0.15, -0.1) is 11.6 Å². The Morgan fingerprint density at radius 1 is 1.18 bits per heavy atom. The van der Waals surface area contributed by atoms with Crippen LogP contribution in [0.2, 0.25) is 5.02 Å². The highest BCUT2D eigenvalue weighted by atomic mass is 35.5. The maximum atomic E-state index is 12.2. The fraction of sp³-hybridized carbons (Fsp3) is 0.375. The number of ether oxygens (including phenoxy) is 1. The van der Waals surface area contributed by atoms with Gasteiger partial charge in [-0.05, 0) is 31.9 Å². The third-order valence-corrected chi connectivity index (χ3v) is 3.75. The summed E-state index contributed by atoms with van der Waals surface area (Å²) >= 11 is 11.9. The second kappa shape index (κ2) is 6.71. The summed E-state index contributed by atoms with van der Waals surface area (Å²) in [5, 5.41) is 4.17. The van der Waals surface area contributed by atoms with Crippen LogP contribution in [0, 0.1) is 0 Å². The fourth-order valence-corrected chi connectivity index (χ4v) is 2.24. The second-order valence-corrected chi connectivity index (χ2v) is 6.59. The zero-order valence-electron chi connectivity index (χ0n) is 12.8. The van der Waals surface area contributed by atoms with Crippen molar-refractivity contribution in [2.24, 2.45) is 0 Å². The third-order valence-electron chi connectivity index (χ3n) is 3.09. The van der Waals surface area contributed by atoms with Crippen LogP contribution in [-0.4, -0.2) is 9.78 Å². The third kappa shape index (κ3) is 3.81. The number of hydrogen-bond donors (Lipinski definition) is 0. The van der Waals surface area contributed by atoms with Crippen molar-refractivity contribution >= 4 is 23.2 Å². The summed E-state index contributed by atoms with van der Waals surface area (Å²) in [5.74, 6) is 0.760. The Hall–Kier alpha value is -1.52. The molecule has 2 aromatic rings. The summed E-state index contributed by atoms with van der Waals surface area (Å²) in [7, 11) is 0. The number of nitrogens with zero attached hydrogens (tertiary/aromatic N) is 2. The molecule has 1 heterocycles. The van der Waals surface area contributed by atoms with Crippen molar-refractivity contribution in [1.29, 1.82) is 0 Å². The molecule has 6 heteroatoms. The predicted molar refractivity (Wildman–Crippen MR) is 88.8 cm³/mol. The van der Waals surface area contributed by atoms with Crippen molar-refractivity contribution in [3.63, 3.8) is 0 Å². The molecule has 0 unspecified atom stereocenters. The zero-order chi connectivity index (χ0) is 16.3. The largest absolute Gasteiger partial charge is 0.485 e. The monoisotopic (exact) mass is 340 g/mol. The lowest BCUT2D eigenvalue weighted by Crippen LogP contribution is -2.36. The van der Waals surface area contributed by atoms with E-state index in [4.69, 9.17) is 27.9 Å². The molecule has 1 aromatic heterocycles. The molecule has 0 aliphatic carbocycles. The van der Waals surface area contributed by atoms with Gasteiger partial charge in [-0.25, -0.2) is 4.68 Å². The Morgan fingerprint density at radius 3 is 2.32 bits per heavy atom. The van der Waals surface area contributed by atoms with Crippen LogP contribution in [0.15, 0.2) is 35.3 Å². The molecule has 0 spiro atoms. The minimum atomic E-state index is -0.434. The maximum absolute atomic E-state index is 12.2. The second-order valence-electron chi connectivity index (χ2n) is 5.95. The number of benzene rings is 1. The van der Waals surface area contributed by atoms with E-state index in [2.05, 4.69) is 5.10 Å². The summed E-state index contributed by atoms with van der Waals surface area (Å²) < 4.78 is 6.95. The predicted octanol–water partition coefficient (Wildman–Crippen LogP) is 3.97. The van der Waals surface area contributed by atoms with E-state index in [0.29, 0.717) is 12.5 Å². The molecule has 0 aliphatic rings. The first-order chi connectivity index (χ1) is 10.3. The van der Waals surface area contributed by atoms with E-state index < -0.39 is 5.54 Å². The summed E-state index contributed by atoms with van der Waals surface area (Å²) in [5.41, 5.74) is 1.21. The SMILES string of the molecule is CC(C)(C)n1ncc(OCc2ccc(CCl)cc2)c(Cl)c1=O. The van der Waals surface area contributed by atoms with Gasteiger partial charge < -0.3 is 4.74 Å². The van der Waals surface area contributed by atoms with Gasteiger partial charge in [0.1, 0.15) is 6.61 Å². The first kappa shape index (κ1) is 16.8. The molecule has 0 radical (unpaired) electrons. The molecule has 0 saturated carbocycles. The zero-order valence-corrected chi connectivity index (χ0v) is 14.3. The highest BCUT2D eigenvalue weighted by Crippen LogP contribution is 2.21. The standard InChI is InChI=1S/C16H18Cl2N2O2/c1-16(2,3)20-15(21)14(18)13(9-19-20)22-10-12-6-4-11(8-17)5-7-12/h4-7,9H,8,10H2,1-3H3. The molecular formula is C16H18Cl2N2O2. The van der Waals surface area contributed by atoms with Crippen LogP contribution in [0.3, 0.4) is 0 Å². The molecule has 118 valence electrons. The number of rotatable bonds is 4. The average Bonchev–Trinajstić information content (AvgIpc) is 2.48. The molecule has 22 heavy (non-hydrogen) atoms. The number of halogens is 2. The molecule has 4 nitrogen and oxygen atoms in total. The van der Waals surface area contributed by atoms with E-state index in [1.165, 1.54) is 10.9 Å². The van der Waals surface area contributed by atoms with Crippen LogP contribution >= 0.6 is 23.2 Å². The van der Waals surface area contributed by atoms with Gasteiger partial charge in [0.25, 0.3) is 5.56 Å². The van der Waals surface area contributed by atoms with Gasteiger partial charge in [0.2, 0.25) is 0 Å². The van der Waals surface area contributed by atoms with E-state index >= 15 is 0 Å². The van der Waals surface area contributed by atoms with Crippen molar-refractivity contribution in [2.75, 3.05) is 0 Å². The smallest absolute Gasteiger partial charge is 0.289 e. The highest BCUT2D eigenvalue weighted by Gasteiger charge is 2.19. The Balaban J connectivity index is 2.16. The molecular weight excluding hydrogens is 323 g/mol. The quantitative estimate of drug-likeness (QED) is 0.791. The van der Waals surface area contributed by atoms with Gasteiger partial charge in [0.05, 0.1) is 11.7 Å². The molecule has 1 aromatic carbocycles. The minimum absolute atomic E-state index is 0.0438. The van der Waals surface area contributed by atoms with Crippen LogP contribution in [-0.2, 0) is 18.0 Å². The molecule has 0 aliphatic heterocycles. The van der Waals surface area contributed by atoms with E-state index in [9.17, 15) is 4.79 Å². The molecule has 0 fully saturated rings. The van der Waals surface area contributed by atoms with Crippen molar-refractivity contribution in [3.8, 4) is 5.75 Å². The van der Waals surface area contributed by atoms with Crippen LogP contribution in [0.1, 0.15) is 31.9 Å². The van der Waals surface area contributed by atoms with E-state index in [-0.39, 0.29) is 16.3 Å². The first-order valence-electron chi connectivity index (χ1n) is 6.88. The summed E-state index contributed by atoms with van der Waals surface area (Å²) in [6.07, 6.45) is 1.47. The van der Waals surface area contributed by atoms with E-state index in [0.717, 1.165) is 11.1 Å². The van der Waals surface area contributed by atoms with Crippen molar-refractivity contribution in [3.05, 3.63) is 57.0 Å². The van der Waals surface area contributed by atoms with Crippen molar-refractivity contribution < 1.29 is 4.74 Å². The fourth-order valence-electron chi connectivity index (χ4n) is 1.88. The highest BCUT2D eigenvalue weighted by molar-refractivity contribution is 6.31. The van der Waals surface area contributed by atoms with Gasteiger partial charge in [-0.3, -0.25) is 4.79 Å². The van der Waals surface area contributed by atoms with Gasteiger partial charge >= 0.3 is 0 Å². The number of aromatic nitrogens is 2. The maximum Gasteiger partial charge on any atom is 0.289 e. The Kier molecular flexibility index (Phi) is 5.14. The lowest BCUT2D eigenvalue weighted by Gasteiger charge is -2.21. The summed E-state index contributed by atoms with van der Waals surface area (Å²) in [4.78, 5) is 12.2. The molecule has 0 bridgehead atoms. The van der Waals surface area contributed by atoms with Crippen LogP contribution in [0.25, 0.3) is 0 Å². The van der Waals surface area contributed by atoms with Gasteiger partial charge in [0, 0.05) is 5.88 Å². The van der Waals surface area contributed by atoms with Crippen LogP contribution in [0.5, 0.6) is 5.75 Å². The van der Waals surface area contributed by atoms with Gasteiger partial charge in [0.15, 0.2) is 10.8 Å². The van der Waals surface area contributed by atoms with E-state index in [1.807, 2.05) is 45.0 Å². The Bertz CT molecular complexity index is 704. The van der Waals surface area contributed by atoms with Crippen LogP contribution in [0.4, 0.5) is 0 Å². The van der Waals surface area contributed by atoms with Crippen LogP contribution < -0.4 is 10.3 Å². The summed E-state index contributed by atoms with van der Waals surface area (Å²) in [6.45, 7) is 5.97. The molecule has 0 N–H and O–H groups in total. The summed E-state index contributed by atoms with van der Waals surface area (Å²) in [6, 6.07) is 7.72. The lowest BCUT2D eigenvalue weighted by molar-refractivity contribution is 0.292. The lowest BCUT2D eigenvalue weighted by atomic mass is 10.1. The topological polar surface area (TPSA) is 44.1 Å². The average molecular weight is 341 g/mol. The normalized spacial score (nSPS) is 11.5. The molecule has 0 amide bonds. The van der Waals surface area contributed by atoms with Crippen molar-refractivity contribution in [1.82, 2.24) is 9.78 Å². The van der Waals surface area contributed by atoms with E-state index in [1.54, 1.807) is 0 Å². The Morgan fingerprint density at radius 2 is 1.77 bits per heavy atom. The molecule has 0 atom stereocenters. The number of hydrogen-bond acceptors (Lipinski definition) is 3. The minimum Gasteiger partial charge on any atom is -0.485 e. The Labute approximate surface area is 139 Å². The first-order valence-corrected chi connectivity index (χ1v) is 7.79. The molecule has 0 saturated heterocycles. The van der Waals surface area contributed by atoms with Gasteiger partial charge in [-0.2, -0.15) is 5.10 Å². The molecule has 2 rings (SSSR count). The van der Waals surface area contributed by atoms with Crippen molar-refractivity contribution in [2.45, 2.75) is 38.8 Å². The number of alkyl halides is 1.